The number of Topliss-reactive ketones (excluding diaryl/α,β-unsaturated/α-hetero) is 2. The number of carbonyl (C=O) groups excluding carboxylic acids is 2. The Kier molecular flexibility index (Phi) is 10.6. The third-order valence-corrected chi connectivity index (χ3v) is 9.68. The number of hydrogen-bond acceptors (Lipinski definition) is 8. The van der Waals surface area contributed by atoms with Crippen LogP contribution in [-0.4, -0.2) is 62.4 Å². The lowest BCUT2D eigenvalue weighted by Gasteiger charge is -2.43. The molecule has 1 aliphatic carbocycles. The second kappa shape index (κ2) is 13.8. The van der Waals surface area contributed by atoms with Gasteiger partial charge in [-0.1, -0.05) is 35.5 Å². The molecule has 3 N–H and O–H groups in total. The maximum atomic E-state index is 14.2. The van der Waals surface area contributed by atoms with Crippen molar-refractivity contribution in [2.24, 2.45) is 5.92 Å². The fourth-order valence-corrected chi connectivity index (χ4v) is 6.64. The molecule has 0 bridgehead atoms. The Balaban J connectivity index is 1.75. The van der Waals surface area contributed by atoms with Crippen LogP contribution in [0.15, 0.2) is 46.6 Å². The van der Waals surface area contributed by atoms with Crippen molar-refractivity contribution in [2.75, 3.05) is 0 Å². The highest BCUT2D eigenvalue weighted by Gasteiger charge is 2.51. The SMILES string of the molecule is CC(=O)[C@H](C/C=C(/C)C(=O)O)OC(C)(C)C1CC=C2C(=O)c3c(O)c4c(c(CC=C(C)C)c3O[C@H]21)O[C@](C)(CCC=C(C)C)[C@H](O)C4. The highest BCUT2D eigenvalue weighted by atomic mass is 16.5. The molecule has 0 spiro atoms. The number of phenols is 1. The Labute approximate surface area is 278 Å². The van der Waals surface area contributed by atoms with Crippen LogP contribution in [0.5, 0.6) is 17.2 Å². The minimum atomic E-state index is -1.06. The summed E-state index contributed by atoms with van der Waals surface area (Å²) in [5.41, 5.74) is 1.99. The number of allylic oxidation sites excluding steroid dienone is 5. The molecule has 256 valence electrons. The number of ether oxygens (including phenoxy) is 3. The molecule has 9 heteroatoms. The summed E-state index contributed by atoms with van der Waals surface area (Å²) >= 11 is 0. The van der Waals surface area contributed by atoms with Gasteiger partial charge in [0.2, 0.25) is 0 Å². The van der Waals surface area contributed by atoms with E-state index in [1.807, 2.05) is 60.6 Å². The molecule has 0 radical (unpaired) electrons. The molecule has 1 unspecified atom stereocenters. The van der Waals surface area contributed by atoms with E-state index in [1.165, 1.54) is 25.5 Å². The van der Waals surface area contributed by atoms with Crippen LogP contribution in [0.4, 0.5) is 0 Å². The smallest absolute Gasteiger partial charge is 0.330 e. The second-order valence-corrected chi connectivity index (χ2v) is 14.4. The molecule has 2 heterocycles. The molecular formula is C38H50O9. The van der Waals surface area contributed by atoms with Gasteiger partial charge in [-0.25, -0.2) is 4.79 Å². The van der Waals surface area contributed by atoms with E-state index >= 15 is 0 Å². The van der Waals surface area contributed by atoms with Crippen LogP contribution in [-0.2, 0) is 27.2 Å². The molecule has 1 aromatic carbocycles. The summed E-state index contributed by atoms with van der Waals surface area (Å²) in [6.45, 7) is 16.4. The largest absolute Gasteiger partial charge is 0.507 e. The number of carboxylic acid groups (broad SMARTS) is 1. The van der Waals surface area contributed by atoms with Crippen molar-refractivity contribution in [2.45, 2.75) is 130 Å². The standard InChI is InChI=1S/C38H50O9/c1-20(2)11-10-18-38(9)29(40)19-26-32(42)30-31(41)24-15-16-27(34(24)45-35(30)25(33(26)47-38)14-12-21(3)4)37(7,8)46-28(23(6)39)17-13-22(5)36(43)44/h11-13,15,27-29,34,40,42H,10,14,16-19H2,1-9H3,(H,43,44)/b22-13-/t27?,28-,29+,34+,38+/m0/s1. The zero-order valence-corrected chi connectivity index (χ0v) is 29.2. The highest BCUT2D eigenvalue weighted by molar-refractivity contribution is 6.15. The number of benzene rings is 1. The van der Waals surface area contributed by atoms with Gasteiger partial charge in [0.05, 0.1) is 11.7 Å². The van der Waals surface area contributed by atoms with Crippen LogP contribution in [0, 0.1) is 5.92 Å². The Morgan fingerprint density at radius 1 is 1.09 bits per heavy atom. The van der Waals surface area contributed by atoms with Crippen molar-refractivity contribution >= 4 is 17.5 Å². The molecule has 2 aliphatic heterocycles. The molecule has 47 heavy (non-hydrogen) atoms. The van der Waals surface area contributed by atoms with Crippen molar-refractivity contribution in [1.82, 2.24) is 0 Å². The zero-order valence-electron chi connectivity index (χ0n) is 29.2. The molecule has 1 aromatic rings. The number of aliphatic hydroxyl groups excluding tert-OH is 1. The van der Waals surface area contributed by atoms with Gasteiger partial charge in [0.15, 0.2) is 11.6 Å². The average Bonchev–Trinajstić information content (AvgIpc) is 3.41. The fourth-order valence-electron chi connectivity index (χ4n) is 6.64. The number of ketones is 2. The highest BCUT2D eigenvalue weighted by Crippen LogP contribution is 2.54. The third kappa shape index (κ3) is 7.41. The second-order valence-electron chi connectivity index (χ2n) is 14.4. The summed E-state index contributed by atoms with van der Waals surface area (Å²) in [5, 5.41) is 32.1. The van der Waals surface area contributed by atoms with E-state index in [1.54, 1.807) is 0 Å². The van der Waals surface area contributed by atoms with Crippen LogP contribution in [0.1, 0.15) is 109 Å². The molecule has 0 saturated carbocycles. The molecular weight excluding hydrogens is 600 g/mol. The Morgan fingerprint density at radius 2 is 1.74 bits per heavy atom. The predicted molar refractivity (Wildman–Crippen MR) is 179 cm³/mol. The number of aliphatic hydroxyl groups is 1. The third-order valence-electron chi connectivity index (χ3n) is 9.68. The van der Waals surface area contributed by atoms with Gasteiger partial charge in [-0.3, -0.25) is 9.59 Å². The number of phenolic OH excluding ortho intramolecular Hbond substituents is 1. The monoisotopic (exact) mass is 650 g/mol. The van der Waals surface area contributed by atoms with Gasteiger partial charge in [-0.05, 0) is 94.4 Å². The zero-order chi connectivity index (χ0) is 35.0. The van der Waals surface area contributed by atoms with Gasteiger partial charge >= 0.3 is 5.97 Å². The van der Waals surface area contributed by atoms with Gasteiger partial charge in [0.1, 0.15) is 40.6 Å². The van der Waals surface area contributed by atoms with Crippen molar-refractivity contribution in [3.05, 3.63) is 63.3 Å². The van der Waals surface area contributed by atoms with Crippen LogP contribution >= 0.6 is 0 Å². The number of aliphatic carboxylic acids is 1. The molecule has 9 nitrogen and oxygen atoms in total. The summed E-state index contributed by atoms with van der Waals surface area (Å²) in [6, 6.07) is 0. The first kappa shape index (κ1) is 36.2. The van der Waals surface area contributed by atoms with Crippen molar-refractivity contribution in [3.8, 4) is 17.2 Å². The molecule has 4 rings (SSSR count). The van der Waals surface area contributed by atoms with E-state index in [-0.39, 0.29) is 53.0 Å². The summed E-state index contributed by atoms with van der Waals surface area (Å²) < 4.78 is 19.7. The van der Waals surface area contributed by atoms with E-state index in [4.69, 9.17) is 14.2 Å². The van der Waals surface area contributed by atoms with E-state index in [2.05, 4.69) is 6.08 Å². The molecule has 0 fully saturated rings. The Bertz CT molecular complexity index is 1570. The first-order valence-electron chi connectivity index (χ1n) is 16.4. The first-order chi connectivity index (χ1) is 21.9. The maximum Gasteiger partial charge on any atom is 0.330 e. The average molecular weight is 651 g/mol. The topological polar surface area (TPSA) is 140 Å². The van der Waals surface area contributed by atoms with Gasteiger partial charge in [0, 0.05) is 34.6 Å². The lowest BCUT2D eigenvalue weighted by atomic mass is 9.80. The summed E-state index contributed by atoms with van der Waals surface area (Å²) in [6.07, 6.45) is 7.22. The lowest BCUT2D eigenvalue weighted by molar-refractivity contribution is -0.150. The number of aromatic hydroxyl groups is 1. The van der Waals surface area contributed by atoms with Crippen LogP contribution in [0.2, 0.25) is 0 Å². The number of carbonyl (C=O) groups is 3. The number of fused-ring (bicyclic) bond motifs is 3. The molecule has 0 amide bonds. The van der Waals surface area contributed by atoms with E-state index < -0.39 is 35.5 Å². The molecule has 0 saturated heterocycles. The molecule has 5 atom stereocenters. The van der Waals surface area contributed by atoms with Gasteiger partial charge < -0.3 is 29.5 Å². The Morgan fingerprint density at radius 3 is 2.34 bits per heavy atom. The Hall–Kier alpha value is -3.69. The number of rotatable bonds is 12. The van der Waals surface area contributed by atoms with Gasteiger partial charge in [-0.2, -0.15) is 0 Å². The van der Waals surface area contributed by atoms with E-state index in [0.29, 0.717) is 48.1 Å². The lowest BCUT2D eigenvalue weighted by Crippen LogP contribution is -2.50. The van der Waals surface area contributed by atoms with Crippen LogP contribution in [0.25, 0.3) is 0 Å². The summed E-state index contributed by atoms with van der Waals surface area (Å²) in [5.74, 6) is -1.55. The van der Waals surface area contributed by atoms with Gasteiger partial charge in [0.25, 0.3) is 0 Å². The van der Waals surface area contributed by atoms with Crippen LogP contribution in [0.3, 0.4) is 0 Å². The van der Waals surface area contributed by atoms with Gasteiger partial charge in [-0.15, -0.1) is 0 Å². The maximum absolute atomic E-state index is 14.2. The van der Waals surface area contributed by atoms with Crippen molar-refractivity contribution in [1.29, 1.82) is 0 Å². The number of hydrogen-bond donors (Lipinski definition) is 3. The quantitative estimate of drug-likeness (QED) is 0.165. The fraction of sp³-hybridized carbons (Fsp3) is 0.553. The normalized spacial score (nSPS) is 24.1. The van der Waals surface area contributed by atoms with Crippen molar-refractivity contribution in [3.63, 3.8) is 0 Å². The number of carboxylic acids is 1. The molecule has 0 aromatic heterocycles. The van der Waals surface area contributed by atoms with Crippen LogP contribution < -0.4 is 9.47 Å². The van der Waals surface area contributed by atoms with E-state index in [0.717, 1.165) is 5.57 Å². The molecule has 3 aliphatic rings. The predicted octanol–water partition coefficient (Wildman–Crippen LogP) is 6.77. The van der Waals surface area contributed by atoms with Crippen molar-refractivity contribution < 1.29 is 43.9 Å². The summed E-state index contributed by atoms with van der Waals surface area (Å²) in [4.78, 5) is 38.0. The summed E-state index contributed by atoms with van der Waals surface area (Å²) in [7, 11) is 0. The van der Waals surface area contributed by atoms with E-state index in [9.17, 15) is 29.7 Å². The first-order valence-corrected chi connectivity index (χ1v) is 16.4. The minimum absolute atomic E-state index is 0.0719. The minimum Gasteiger partial charge on any atom is -0.507 e.